The molecule has 3 rings (SSSR count). The number of aromatic nitrogens is 2. The molecule has 3 heterocycles. The molecule has 0 radical (unpaired) electrons. The zero-order chi connectivity index (χ0) is 17.2. The van der Waals surface area contributed by atoms with Gasteiger partial charge < -0.3 is 14.5 Å². The maximum absolute atomic E-state index is 13.0. The Bertz CT molecular complexity index is 607. The molecule has 2 fully saturated rings. The van der Waals surface area contributed by atoms with E-state index in [1.807, 2.05) is 18.0 Å². The van der Waals surface area contributed by atoms with Gasteiger partial charge in [0, 0.05) is 45.2 Å². The molecular formula is C18H28N4O2. The van der Waals surface area contributed by atoms with Gasteiger partial charge in [-0.15, -0.1) is 0 Å². The predicted molar refractivity (Wildman–Crippen MR) is 93.1 cm³/mol. The summed E-state index contributed by atoms with van der Waals surface area (Å²) < 4.78 is 5.15. The number of ether oxygens (including phenoxy) is 1. The van der Waals surface area contributed by atoms with Crippen LogP contribution in [0.5, 0.6) is 0 Å². The molecule has 0 N–H and O–H groups in total. The fraction of sp³-hybridized carbons (Fsp3) is 0.722. The number of anilines is 1. The maximum Gasteiger partial charge on any atom is 0.230 e. The van der Waals surface area contributed by atoms with E-state index in [-0.39, 0.29) is 11.3 Å². The topological polar surface area (TPSA) is 58.6 Å². The number of carbonyl (C=O) groups is 1. The van der Waals surface area contributed by atoms with E-state index in [0.717, 1.165) is 62.5 Å². The quantitative estimate of drug-likeness (QED) is 0.823. The number of nitrogens with zero attached hydrogens (tertiary/aromatic N) is 4. The predicted octanol–water partition coefficient (Wildman–Crippen LogP) is 1.81. The first-order valence-electron chi connectivity index (χ1n) is 8.95. The van der Waals surface area contributed by atoms with Crippen LogP contribution >= 0.6 is 0 Å². The van der Waals surface area contributed by atoms with Gasteiger partial charge >= 0.3 is 0 Å². The van der Waals surface area contributed by atoms with Crippen molar-refractivity contribution in [1.29, 1.82) is 0 Å². The summed E-state index contributed by atoms with van der Waals surface area (Å²) in [5, 5.41) is 0. The average molecular weight is 332 g/mol. The van der Waals surface area contributed by atoms with E-state index in [1.54, 1.807) is 7.11 Å². The van der Waals surface area contributed by atoms with Gasteiger partial charge in [0.1, 0.15) is 0 Å². The van der Waals surface area contributed by atoms with Crippen LogP contribution in [-0.2, 0) is 16.0 Å². The van der Waals surface area contributed by atoms with E-state index in [2.05, 4.69) is 16.8 Å². The van der Waals surface area contributed by atoms with Gasteiger partial charge in [0.05, 0.1) is 12.0 Å². The molecule has 0 saturated carbocycles. The molecule has 2 saturated heterocycles. The lowest BCUT2D eigenvalue weighted by Gasteiger charge is -2.39. The van der Waals surface area contributed by atoms with Crippen LogP contribution in [0.4, 0.5) is 5.95 Å². The van der Waals surface area contributed by atoms with Gasteiger partial charge in [-0.05, 0) is 38.2 Å². The van der Waals surface area contributed by atoms with Crippen molar-refractivity contribution >= 4 is 11.9 Å². The third-order valence-corrected chi connectivity index (χ3v) is 5.42. The minimum absolute atomic E-state index is 0.257. The van der Waals surface area contributed by atoms with E-state index >= 15 is 0 Å². The molecule has 1 spiro atoms. The summed E-state index contributed by atoms with van der Waals surface area (Å²) in [5.41, 5.74) is 1.97. The Morgan fingerprint density at radius 2 is 2.17 bits per heavy atom. The van der Waals surface area contributed by atoms with E-state index in [9.17, 15) is 4.79 Å². The molecule has 1 atom stereocenters. The number of piperidine rings is 1. The summed E-state index contributed by atoms with van der Waals surface area (Å²) in [5.74, 6) is 1.06. The highest BCUT2D eigenvalue weighted by Gasteiger charge is 2.48. The van der Waals surface area contributed by atoms with Gasteiger partial charge in [-0.3, -0.25) is 4.79 Å². The summed E-state index contributed by atoms with van der Waals surface area (Å²) in [6, 6.07) is 0. The van der Waals surface area contributed by atoms with E-state index in [1.165, 1.54) is 0 Å². The van der Waals surface area contributed by atoms with E-state index in [4.69, 9.17) is 9.72 Å². The van der Waals surface area contributed by atoms with Crippen LogP contribution in [0, 0.1) is 12.3 Å². The molecule has 0 unspecified atom stereocenters. The van der Waals surface area contributed by atoms with Crippen molar-refractivity contribution in [1.82, 2.24) is 14.9 Å². The highest BCUT2D eigenvalue weighted by Crippen LogP contribution is 2.40. The minimum Gasteiger partial charge on any atom is -0.383 e. The van der Waals surface area contributed by atoms with Gasteiger partial charge in [-0.25, -0.2) is 9.97 Å². The lowest BCUT2D eigenvalue weighted by molar-refractivity contribution is -0.145. The minimum atomic E-state index is -0.257. The first-order chi connectivity index (χ1) is 11.6. The molecule has 1 aromatic rings. The van der Waals surface area contributed by atoms with E-state index in [0.29, 0.717) is 13.2 Å². The van der Waals surface area contributed by atoms with Gasteiger partial charge in [-0.1, -0.05) is 6.92 Å². The molecule has 0 aliphatic carbocycles. The van der Waals surface area contributed by atoms with Crippen LogP contribution in [0.3, 0.4) is 0 Å². The molecule has 2 aliphatic rings. The fourth-order valence-corrected chi connectivity index (χ4v) is 3.97. The number of aryl methyl sites for hydroxylation is 2. The zero-order valence-electron chi connectivity index (χ0n) is 15.0. The second kappa shape index (κ2) is 7.05. The Hall–Kier alpha value is -1.69. The van der Waals surface area contributed by atoms with Crippen molar-refractivity contribution in [2.45, 2.75) is 39.5 Å². The first-order valence-corrected chi connectivity index (χ1v) is 8.95. The summed E-state index contributed by atoms with van der Waals surface area (Å²) in [6.45, 7) is 7.91. The van der Waals surface area contributed by atoms with Gasteiger partial charge in [-0.2, -0.15) is 0 Å². The van der Waals surface area contributed by atoms with Crippen molar-refractivity contribution in [3.63, 3.8) is 0 Å². The van der Waals surface area contributed by atoms with Gasteiger partial charge in [0.2, 0.25) is 11.9 Å². The molecule has 6 heteroatoms. The average Bonchev–Trinajstić information content (AvgIpc) is 3.02. The van der Waals surface area contributed by atoms with Crippen LogP contribution in [0.15, 0.2) is 6.20 Å². The third kappa shape index (κ3) is 3.11. The van der Waals surface area contributed by atoms with Crippen LogP contribution in [-0.4, -0.2) is 60.7 Å². The number of hydrogen-bond acceptors (Lipinski definition) is 5. The van der Waals surface area contributed by atoms with Crippen molar-refractivity contribution in [3.8, 4) is 0 Å². The Labute approximate surface area is 144 Å². The number of rotatable bonds is 5. The number of carbonyl (C=O) groups excluding carboxylic acids is 1. The Kier molecular flexibility index (Phi) is 5.04. The second-order valence-electron chi connectivity index (χ2n) is 6.99. The van der Waals surface area contributed by atoms with Crippen LogP contribution in [0.25, 0.3) is 0 Å². The first kappa shape index (κ1) is 17.1. The highest BCUT2D eigenvalue weighted by molar-refractivity contribution is 5.85. The molecule has 2 aliphatic heterocycles. The normalized spacial score (nSPS) is 24.2. The van der Waals surface area contributed by atoms with Gasteiger partial charge in [0.25, 0.3) is 0 Å². The van der Waals surface area contributed by atoms with Crippen molar-refractivity contribution in [3.05, 3.63) is 17.5 Å². The molecule has 132 valence electrons. The number of amides is 1. The number of methoxy groups -OCH3 is 1. The summed E-state index contributed by atoms with van der Waals surface area (Å²) in [6.07, 6.45) is 5.74. The smallest absolute Gasteiger partial charge is 0.230 e. The van der Waals surface area contributed by atoms with Crippen LogP contribution < -0.4 is 4.90 Å². The van der Waals surface area contributed by atoms with Crippen LogP contribution in [0.1, 0.15) is 37.4 Å². The number of likely N-dealkylation sites (tertiary alicyclic amines) is 1. The van der Waals surface area contributed by atoms with Gasteiger partial charge in [0.15, 0.2) is 0 Å². The molecule has 1 aromatic heterocycles. The molecule has 24 heavy (non-hydrogen) atoms. The van der Waals surface area contributed by atoms with Crippen molar-refractivity contribution in [2.24, 2.45) is 5.41 Å². The molecule has 1 amide bonds. The lowest BCUT2D eigenvalue weighted by Crippen LogP contribution is -2.51. The Morgan fingerprint density at radius 1 is 1.33 bits per heavy atom. The monoisotopic (exact) mass is 332 g/mol. The molecule has 6 nitrogen and oxygen atoms in total. The van der Waals surface area contributed by atoms with E-state index < -0.39 is 0 Å². The lowest BCUT2D eigenvalue weighted by atomic mass is 9.78. The Morgan fingerprint density at radius 3 is 2.92 bits per heavy atom. The highest BCUT2D eigenvalue weighted by atomic mass is 16.5. The summed E-state index contributed by atoms with van der Waals surface area (Å²) in [4.78, 5) is 26.4. The van der Waals surface area contributed by atoms with Crippen LogP contribution in [0.2, 0.25) is 0 Å². The summed E-state index contributed by atoms with van der Waals surface area (Å²) >= 11 is 0. The second-order valence-corrected chi connectivity index (χ2v) is 6.99. The largest absolute Gasteiger partial charge is 0.383 e. The molecule has 0 bridgehead atoms. The number of hydrogen-bond donors (Lipinski definition) is 0. The zero-order valence-corrected chi connectivity index (χ0v) is 15.0. The summed E-state index contributed by atoms with van der Waals surface area (Å²) in [7, 11) is 1.68. The van der Waals surface area contributed by atoms with Crippen molar-refractivity contribution in [2.75, 3.05) is 44.8 Å². The third-order valence-electron chi connectivity index (χ3n) is 5.42. The molecule has 0 aromatic carbocycles. The van der Waals surface area contributed by atoms with Crippen molar-refractivity contribution < 1.29 is 9.53 Å². The standard InChI is InChI=1S/C18H28N4O2/c1-4-15-14(2)12-19-17(20-15)22-9-7-18(13-22)6-5-8-21(16(18)23)10-11-24-3/h12H,4-11,13H2,1-3H3/t18-/m1/s1. The maximum atomic E-state index is 13.0. The molecular weight excluding hydrogens is 304 g/mol. The SMILES string of the molecule is CCc1nc(N2CC[C@]3(CCCN(CCOC)C3=O)C2)ncc1C. The fourth-order valence-electron chi connectivity index (χ4n) is 3.97. The Balaban J connectivity index is 1.75.